The van der Waals surface area contributed by atoms with E-state index in [4.69, 9.17) is 5.73 Å². The largest absolute Gasteiger partial charge is 0.387 e. The first-order valence-electron chi connectivity index (χ1n) is 9.81. The van der Waals surface area contributed by atoms with Crippen LogP contribution in [0.2, 0.25) is 0 Å². The maximum Gasteiger partial charge on any atom is 0.261 e. The van der Waals surface area contributed by atoms with Crippen molar-refractivity contribution in [3.05, 3.63) is 81.6 Å². The van der Waals surface area contributed by atoms with Crippen molar-refractivity contribution in [2.75, 3.05) is 23.5 Å². The summed E-state index contributed by atoms with van der Waals surface area (Å²) in [5, 5.41) is 13.4. The van der Waals surface area contributed by atoms with Gasteiger partial charge in [0.25, 0.3) is 10.0 Å². The fourth-order valence-electron chi connectivity index (χ4n) is 2.96. The van der Waals surface area contributed by atoms with Crippen molar-refractivity contribution in [3.63, 3.8) is 0 Å². The summed E-state index contributed by atoms with van der Waals surface area (Å²) in [6.07, 6.45) is 2.68. The average Bonchev–Trinajstić information content (AvgIpc) is 2.75. The lowest BCUT2D eigenvalue weighted by molar-refractivity contribution is 0.174. The lowest BCUT2D eigenvalue weighted by Gasteiger charge is -2.12. The van der Waals surface area contributed by atoms with Crippen LogP contribution >= 0.6 is 22.6 Å². The molecular weight excluding hydrogens is 527 g/mol. The van der Waals surface area contributed by atoms with E-state index in [1.165, 1.54) is 0 Å². The second-order valence-electron chi connectivity index (χ2n) is 7.10. The minimum Gasteiger partial charge on any atom is -0.387 e. The van der Waals surface area contributed by atoms with E-state index in [2.05, 4.69) is 37.6 Å². The minimum atomic E-state index is -3.60. The molecule has 31 heavy (non-hydrogen) atoms. The molecule has 0 spiro atoms. The number of aromatic nitrogens is 1. The number of halogens is 1. The highest BCUT2D eigenvalue weighted by molar-refractivity contribution is 14.1. The molecule has 5 N–H and O–H groups in total. The Kier molecular flexibility index (Phi) is 8.24. The molecular formula is C22H25IN4O3S. The van der Waals surface area contributed by atoms with E-state index in [0.717, 1.165) is 34.1 Å². The number of sulfonamides is 1. The molecule has 9 heteroatoms. The van der Waals surface area contributed by atoms with E-state index in [9.17, 15) is 13.5 Å². The number of aliphatic hydroxyl groups excluding tert-OH is 1. The van der Waals surface area contributed by atoms with Gasteiger partial charge in [-0.2, -0.15) is 0 Å². The third-order valence-corrected chi connectivity index (χ3v) is 6.80. The predicted molar refractivity (Wildman–Crippen MR) is 131 cm³/mol. The maximum atomic E-state index is 12.5. The molecule has 3 rings (SSSR count). The highest BCUT2D eigenvalue weighted by Crippen LogP contribution is 2.18. The Hall–Kier alpha value is -2.21. The second-order valence-corrected chi connectivity index (χ2v) is 10.0. The Morgan fingerprint density at radius 1 is 1.03 bits per heavy atom. The topological polar surface area (TPSA) is 117 Å². The molecule has 0 bridgehead atoms. The number of nitrogens with one attached hydrogen (secondary N) is 2. The lowest BCUT2D eigenvalue weighted by atomic mass is 10.1. The molecule has 0 aliphatic rings. The van der Waals surface area contributed by atoms with Crippen molar-refractivity contribution < 1.29 is 13.5 Å². The number of anilines is 2. The molecule has 3 aromatic rings. The summed E-state index contributed by atoms with van der Waals surface area (Å²) in [6.45, 7) is 1.19. The van der Waals surface area contributed by atoms with Gasteiger partial charge in [-0.1, -0.05) is 18.2 Å². The van der Waals surface area contributed by atoms with Gasteiger partial charge in [0.2, 0.25) is 0 Å². The van der Waals surface area contributed by atoms with Gasteiger partial charge in [0, 0.05) is 27.6 Å². The normalized spacial score (nSPS) is 12.5. The number of nitrogens with zero attached hydrogens (tertiary/aromatic N) is 1. The van der Waals surface area contributed by atoms with Gasteiger partial charge in [-0.25, -0.2) is 13.4 Å². The molecule has 1 atom stereocenters. The van der Waals surface area contributed by atoms with Crippen molar-refractivity contribution in [2.24, 2.45) is 0 Å². The van der Waals surface area contributed by atoms with Gasteiger partial charge >= 0.3 is 0 Å². The fraction of sp³-hybridized carbons (Fsp3) is 0.227. The van der Waals surface area contributed by atoms with Crippen LogP contribution in [0.1, 0.15) is 23.7 Å². The fourth-order valence-corrected chi connectivity index (χ4v) is 4.37. The number of hydrogen-bond acceptors (Lipinski definition) is 6. The van der Waals surface area contributed by atoms with Crippen molar-refractivity contribution in [1.82, 2.24) is 10.3 Å². The van der Waals surface area contributed by atoms with Gasteiger partial charge in [0.15, 0.2) is 0 Å². The van der Waals surface area contributed by atoms with Crippen LogP contribution in [0.15, 0.2) is 71.8 Å². The summed E-state index contributed by atoms with van der Waals surface area (Å²) in [5.74, 6) is 0.428. The van der Waals surface area contributed by atoms with E-state index in [0.29, 0.717) is 18.1 Å². The molecule has 1 unspecified atom stereocenters. The standard InChI is InChI=1S/C22H25IN4O3S/c23-18-6-10-20(11-7-18)31(29,30)27-19-8-3-16(4-9-19)2-1-13-25-15-21(28)17-5-12-22(24)26-14-17/h3-12,14,21,25,27-28H,1-2,13,15H2,(H2,24,26). The van der Waals surface area contributed by atoms with E-state index in [1.807, 2.05) is 12.1 Å². The third-order valence-electron chi connectivity index (χ3n) is 4.68. The summed E-state index contributed by atoms with van der Waals surface area (Å²) in [4.78, 5) is 4.22. The summed E-state index contributed by atoms with van der Waals surface area (Å²) in [6, 6.07) is 17.5. The van der Waals surface area contributed by atoms with Gasteiger partial charge in [0.1, 0.15) is 5.82 Å². The number of aliphatic hydroxyl groups is 1. The Morgan fingerprint density at radius 3 is 2.39 bits per heavy atom. The van der Waals surface area contributed by atoms with Crippen molar-refractivity contribution in [1.29, 1.82) is 0 Å². The molecule has 0 saturated carbocycles. The number of benzene rings is 2. The maximum absolute atomic E-state index is 12.5. The molecule has 0 fully saturated rings. The molecule has 0 saturated heterocycles. The molecule has 0 amide bonds. The molecule has 0 aliphatic heterocycles. The molecule has 0 radical (unpaired) electrons. The highest BCUT2D eigenvalue weighted by Gasteiger charge is 2.13. The van der Waals surface area contributed by atoms with Gasteiger partial charge < -0.3 is 16.2 Å². The monoisotopic (exact) mass is 552 g/mol. The van der Waals surface area contributed by atoms with Crippen molar-refractivity contribution in [3.8, 4) is 0 Å². The number of pyridine rings is 1. The summed E-state index contributed by atoms with van der Waals surface area (Å²) < 4.78 is 28.5. The van der Waals surface area contributed by atoms with Crippen LogP contribution < -0.4 is 15.8 Å². The van der Waals surface area contributed by atoms with Gasteiger partial charge in [-0.15, -0.1) is 0 Å². The van der Waals surface area contributed by atoms with Gasteiger partial charge in [0.05, 0.1) is 11.0 Å². The SMILES string of the molecule is Nc1ccc(C(O)CNCCCc2ccc(NS(=O)(=O)c3ccc(I)cc3)cc2)cn1. The minimum absolute atomic E-state index is 0.236. The molecule has 164 valence electrons. The number of rotatable bonds is 10. The Morgan fingerprint density at radius 2 is 1.74 bits per heavy atom. The lowest BCUT2D eigenvalue weighted by Crippen LogP contribution is -2.23. The van der Waals surface area contributed by atoms with E-state index in [-0.39, 0.29) is 4.90 Å². The first kappa shape index (κ1) is 23.5. The second kappa shape index (κ2) is 10.9. The van der Waals surface area contributed by atoms with E-state index >= 15 is 0 Å². The van der Waals surface area contributed by atoms with Crippen LogP contribution in [0.25, 0.3) is 0 Å². The summed E-state index contributed by atoms with van der Waals surface area (Å²) in [5.41, 5.74) is 7.92. The van der Waals surface area contributed by atoms with E-state index in [1.54, 1.807) is 54.7 Å². The Balaban J connectivity index is 1.42. The first-order valence-corrected chi connectivity index (χ1v) is 12.4. The van der Waals surface area contributed by atoms with Gasteiger partial charge in [-0.3, -0.25) is 4.72 Å². The molecule has 1 heterocycles. The summed E-state index contributed by atoms with van der Waals surface area (Å²) in [7, 11) is -3.60. The third kappa shape index (κ3) is 7.17. The molecule has 7 nitrogen and oxygen atoms in total. The number of aryl methyl sites for hydroxylation is 1. The molecule has 0 aliphatic carbocycles. The Bertz CT molecular complexity index is 1070. The van der Waals surface area contributed by atoms with Crippen LogP contribution in [0.5, 0.6) is 0 Å². The smallest absolute Gasteiger partial charge is 0.261 e. The van der Waals surface area contributed by atoms with Crippen molar-refractivity contribution in [2.45, 2.75) is 23.8 Å². The zero-order chi connectivity index (χ0) is 22.3. The number of nitrogens with two attached hydrogens (primary N) is 1. The van der Waals surface area contributed by atoms with Crippen molar-refractivity contribution >= 4 is 44.1 Å². The quantitative estimate of drug-likeness (QED) is 0.227. The van der Waals surface area contributed by atoms with Gasteiger partial charge in [-0.05, 0) is 90.0 Å². The number of hydrogen-bond donors (Lipinski definition) is 4. The van der Waals surface area contributed by atoms with Crippen LogP contribution in [-0.4, -0.2) is 31.6 Å². The Labute approximate surface area is 196 Å². The zero-order valence-corrected chi connectivity index (χ0v) is 19.8. The highest BCUT2D eigenvalue weighted by atomic mass is 127. The number of nitrogen functional groups attached to an aromatic ring is 1. The van der Waals surface area contributed by atoms with E-state index < -0.39 is 16.1 Å². The van der Waals surface area contributed by atoms with Crippen LogP contribution in [-0.2, 0) is 16.4 Å². The first-order chi connectivity index (χ1) is 14.8. The average molecular weight is 552 g/mol. The zero-order valence-electron chi connectivity index (χ0n) is 16.8. The molecule has 2 aromatic carbocycles. The molecule has 1 aromatic heterocycles. The summed E-state index contributed by atoms with van der Waals surface area (Å²) >= 11 is 2.14. The van der Waals surface area contributed by atoms with Crippen LogP contribution in [0, 0.1) is 3.57 Å². The van der Waals surface area contributed by atoms with Crippen LogP contribution in [0.4, 0.5) is 11.5 Å². The van der Waals surface area contributed by atoms with Crippen LogP contribution in [0.3, 0.4) is 0 Å². The predicted octanol–water partition coefficient (Wildman–Crippen LogP) is 3.33.